The first-order valence-corrected chi connectivity index (χ1v) is 12.3. The first kappa shape index (κ1) is 25.3. The van der Waals surface area contributed by atoms with Crippen LogP contribution in [0.5, 0.6) is 11.5 Å². The van der Waals surface area contributed by atoms with Crippen molar-refractivity contribution in [3.63, 3.8) is 0 Å². The maximum atomic E-state index is 13.6. The number of urea groups is 1. The first-order chi connectivity index (χ1) is 18.3. The molecule has 4 amide bonds. The number of likely N-dealkylation sites (N-methyl/N-ethyl adjacent to an activating group) is 1. The third-order valence-electron chi connectivity index (χ3n) is 6.88. The predicted octanol–water partition coefficient (Wildman–Crippen LogP) is 1.22. The Bertz CT molecular complexity index is 1240. The maximum Gasteiger partial charge on any atom is 0.334 e. The summed E-state index contributed by atoms with van der Waals surface area (Å²) in [6.07, 6.45) is -1.15. The van der Waals surface area contributed by atoms with Gasteiger partial charge in [0, 0.05) is 26.6 Å². The lowest BCUT2D eigenvalue weighted by Gasteiger charge is -2.54. The van der Waals surface area contributed by atoms with Crippen LogP contribution in [0.3, 0.4) is 0 Å². The second-order valence-electron chi connectivity index (χ2n) is 9.44. The summed E-state index contributed by atoms with van der Waals surface area (Å²) in [6.45, 7) is 0.547. The number of nitrogens with one attached hydrogen (secondary N) is 1. The van der Waals surface area contributed by atoms with Crippen LogP contribution in [0.25, 0.3) is 0 Å². The molecule has 0 radical (unpaired) electrons. The molecule has 0 aromatic heterocycles. The van der Waals surface area contributed by atoms with Gasteiger partial charge in [0.15, 0.2) is 11.5 Å². The molecule has 0 unspecified atom stereocenters. The van der Waals surface area contributed by atoms with Crippen molar-refractivity contribution in [1.82, 2.24) is 25.1 Å². The van der Waals surface area contributed by atoms with Crippen LogP contribution in [0.15, 0.2) is 48.5 Å². The molecule has 3 heterocycles. The molecule has 12 nitrogen and oxygen atoms in total. The van der Waals surface area contributed by atoms with Crippen molar-refractivity contribution < 1.29 is 33.8 Å². The van der Waals surface area contributed by atoms with E-state index in [1.807, 2.05) is 36.4 Å². The average molecular weight is 524 g/mol. The number of nitrogens with zero attached hydrogens (tertiary/aromatic N) is 4. The van der Waals surface area contributed by atoms with Gasteiger partial charge in [-0.2, -0.15) is 0 Å². The molecule has 200 valence electrons. The summed E-state index contributed by atoms with van der Waals surface area (Å²) in [6, 6.07) is 13.4. The number of fused-ring (bicyclic) bond motifs is 2. The number of hydrazine groups is 1. The molecule has 2 atom stereocenters. The van der Waals surface area contributed by atoms with Crippen LogP contribution in [0.4, 0.5) is 4.79 Å². The normalized spacial score (nSPS) is 20.9. The third-order valence-corrected chi connectivity index (χ3v) is 6.88. The van der Waals surface area contributed by atoms with E-state index in [1.165, 1.54) is 14.9 Å². The van der Waals surface area contributed by atoms with Crippen molar-refractivity contribution in [1.29, 1.82) is 0 Å². The zero-order chi connectivity index (χ0) is 26.8. The largest absolute Gasteiger partial charge is 0.481 e. The maximum absolute atomic E-state index is 13.6. The lowest BCUT2D eigenvalue weighted by Crippen LogP contribution is -2.75. The average Bonchev–Trinajstić information content (AvgIpc) is 3.36. The van der Waals surface area contributed by atoms with Gasteiger partial charge in [0.25, 0.3) is 0 Å². The number of carboxylic acids is 1. The number of carbonyl (C=O) groups is 4. The molecule has 0 aliphatic carbocycles. The Hall–Kier alpha value is -4.32. The Balaban J connectivity index is 1.41. The van der Waals surface area contributed by atoms with E-state index in [-0.39, 0.29) is 57.6 Å². The highest BCUT2D eigenvalue weighted by atomic mass is 16.7. The number of hydrogen-bond donors (Lipinski definition) is 2. The van der Waals surface area contributed by atoms with E-state index in [4.69, 9.17) is 9.47 Å². The van der Waals surface area contributed by atoms with Gasteiger partial charge in [-0.3, -0.25) is 14.4 Å². The molecular weight excluding hydrogens is 494 g/mol. The molecule has 0 spiro atoms. The second-order valence-corrected chi connectivity index (χ2v) is 9.44. The number of amides is 4. The van der Waals surface area contributed by atoms with Crippen molar-refractivity contribution in [2.24, 2.45) is 0 Å². The van der Waals surface area contributed by atoms with Gasteiger partial charge in [-0.25, -0.2) is 14.8 Å². The first-order valence-electron chi connectivity index (χ1n) is 12.3. The van der Waals surface area contributed by atoms with Crippen LogP contribution in [0.2, 0.25) is 0 Å². The van der Waals surface area contributed by atoms with E-state index in [1.54, 1.807) is 24.1 Å². The Labute approximate surface area is 219 Å². The molecule has 2 N–H and O–H groups in total. The molecule has 2 fully saturated rings. The van der Waals surface area contributed by atoms with Crippen molar-refractivity contribution >= 4 is 23.8 Å². The Morgan fingerprint density at radius 3 is 2.58 bits per heavy atom. The summed E-state index contributed by atoms with van der Waals surface area (Å²) in [5.41, 5.74) is 1.69. The number of hydrogen-bond acceptors (Lipinski definition) is 7. The van der Waals surface area contributed by atoms with Gasteiger partial charge >= 0.3 is 12.0 Å². The summed E-state index contributed by atoms with van der Waals surface area (Å²) in [5.74, 6) is -0.574. The standard InChI is InChI=1S/C26H29N5O7/c1-28-15-23(32)30-19(8-10-24(33)34)25(35)29(13-18-7-9-20-21(11-18)38-16-37-20)14-22(30)31(28)26(36)27-12-17-5-3-2-4-6-17/h2-7,9,11,19,22H,8,10,12-16H2,1H3,(H,27,36)(H,33,34)/t19-,22-/m0/s1. The van der Waals surface area contributed by atoms with E-state index < -0.39 is 24.2 Å². The number of piperazine rings is 1. The fraction of sp³-hybridized carbons (Fsp3) is 0.385. The number of aliphatic carboxylic acids is 1. The predicted molar refractivity (Wildman–Crippen MR) is 132 cm³/mol. The van der Waals surface area contributed by atoms with E-state index in [0.717, 1.165) is 11.1 Å². The Kier molecular flexibility index (Phi) is 7.05. The molecule has 0 saturated carbocycles. The molecule has 5 rings (SSSR count). The smallest absolute Gasteiger partial charge is 0.334 e. The highest BCUT2D eigenvalue weighted by Crippen LogP contribution is 2.34. The summed E-state index contributed by atoms with van der Waals surface area (Å²) in [7, 11) is 1.64. The number of rotatable bonds is 7. The van der Waals surface area contributed by atoms with E-state index >= 15 is 0 Å². The molecule has 0 bridgehead atoms. The van der Waals surface area contributed by atoms with Crippen LogP contribution in [0, 0.1) is 0 Å². The molecule has 2 aromatic rings. The molecule has 2 aromatic carbocycles. The summed E-state index contributed by atoms with van der Waals surface area (Å²) >= 11 is 0. The van der Waals surface area contributed by atoms with Crippen LogP contribution < -0.4 is 14.8 Å². The van der Waals surface area contributed by atoms with Crippen LogP contribution in [-0.4, -0.2) is 87.9 Å². The topological polar surface area (TPSA) is 132 Å². The number of ether oxygens (including phenoxy) is 2. The molecule has 3 aliphatic rings. The molecule has 38 heavy (non-hydrogen) atoms. The summed E-state index contributed by atoms with van der Waals surface area (Å²) in [5, 5.41) is 15.2. The Morgan fingerprint density at radius 2 is 1.82 bits per heavy atom. The van der Waals surface area contributed by atoms with Gasteiger partial charge in [-0.05, 0) is 29.7 Å². The van der Waals surface area contributed by atoms with Crippen molar-refractivity contribution in [3.05, 3.63) is 59.7 Å². The highest BCUT2D eigenvalue weighted by molar-refractivity contribution is 5.91. The molecule has 12 heteroatoms. The van der Waals surface area contributed by atoms with Crippen molar-refractivity contribution in [3.8, 4) is 11.5 Å². The number of carbonyl (C=O) groups excluding carboxylic acids is 3. The van der Waals surface area contributed by atoms with Gasteiger partial charge < -0.3 is 29.7 Å². The lowest BCUT2D eigenvalue weighted by atomic mass is 10.0. The van der Waals surface area contributed by atoms with Crippen molar-refractivity contribution in [2.75, 3.05) is 26.9 Å². The number of benzene rings is 2. The van der Waals surface area contributed by atoms with Gasteiger partial charge in [-0.15, -0.1) is 0 Å². The minimum Gasteiger partial charge on any atom is -0.481 e. The van der Waals surface area contributed by atoms with Crippen molar-refractivity contribution in [2.45, 2.75) is 38.1 Å². The fourth-order valence-electron chi connectivity index (χ4n) is 5.10. The van der Waals surface area contributed by atoms with Crippen LogP contribution in [0.1, 0.15) is 24.0 Å². The van der Waals surface area contributed by atoms with Crippen LogP contribution >= 0.6 is 0 Å². The minimum atomic E-state index is -1.07. The summed E-state index contributed by atoms with van der Waals surface area (Å²) in [4.78, 5) is 54.5. The molecule has 3 aliphatic heterocycles. The van der Waals surface area contributed by atoms with Gasteiger partial charge in [0.2, 0.25) is 18.6 Å². The van der Waals surface area contributed by atoms with Gasteiger partial charge in [0.05, 0.1) is 13.1 Å². The Morgan fingerprint density at radius 1 is 1.05 bits per heavy atom. The molecule has 2 saturated heterocycles. The lowest BCUT2D eigenvalue weighted by molar-refractivity contribution is -0.188. The monoisotopic (exact) mass is 523 g/mol. The SMILES string of the molecule is CN1CC(=O)N2[C@@H](CCC(=O)O)C(=O)N(Cc3ccc4c(c3)OCO4)C[C@@H]2N1C(=O)NCc1ccccc1. The van der Waals surface area contributed by atoms with Gasteiger partial charge in [0.1, 0.15) is 12.2 Å². The third kappa shape index (κ3) is 5.07. The number of carboxylic acid groups (broad SMARTS) is 1. The molecular formula is C26H29N5O7. The fourth-order valence-corrected chi connectivity index (χ4v) is 5.10. The van der Waals surface area contributed by atoms with Crippen LogP contribution in [-0.2, 0) is 27.5 Å². The van der Waals surface area contributed by atoms with E-state index in [2.05, 4.69) is 5.32 Å². The van der Waals surface area contributed by atoms with Gasteiger partial charge in [-0.1, -0.05) is 36.4 Å². The van der Waals surface area contributed by atoms with E-state index in [9.17, 15) is 24.3 Å². The second kappa shape index (κ2) is 10.6. The minimum absolute atomic E-state index is 0.0583. The zero-order valence-corrected chi connectivity index (χ0v) is 20.9. The summed E-state index contributed by atoms with van der Waals surface area (Å²) < 4.78 is 10.8. The highest BCUT2D eigenvalue weighted by Gasteiger charge is 2.50. The zero-order valence-electron chi connectivity index (χ0n) is 20.9. The quantitative estimate of drug-likeness (QED) is 0.554. The van der Waals surface area contributed by atoms with E-state index in [0.29, 0.717) is 11.5 Å².